The minimum Gasteiger partial charge on any atom is -0.508 e. The van der Waals surface area contributed by atoms with Gasteiger partial charge in [0.2, 0.25) is 0 Å². The van der Waals surface area contributed by atoms with Gasteiger partial charge in [-0.05, 0) is 53.2 Å². The Kier molecular flexibility index (Phi) is 3.54. The van der Waals surface area contributed by atoms with Crippen molar-refractivity contribution in [3.63, 3.8) is 0 Å². The number of phenols is 1. The fraction of sp³-hybridized carbons (Fsp3) is 0.0714. The summed E-state index contributed by atoms with van der Waals surface area (Å²) in [6.07, 6.45) is 0. The molecule has 90 valence electrons. The van der Waals surface area contributed by atoms with Crippen LogP contribution in [0.15, 0.2) is 40.9 Å². The predicted molar refractivity (Wildman–Crippen MR) is 71.8 cm³/mol. The van der Waals surface area contributed by atoms with Crippen molar-refractivity contribution in [2.75, 3.05) is 0 Å². The molecule has 2 rings (SSSR count). The molecule has 18 heavy (non-hydrogen) atoms. The van der Waals surface area contributed by atoms with E-state index in [1.807, 2.05) is 0 Å². The van der Waals surface area contributed by atoms with Crippen LogP contribution >= 0.6 is 15.9 Å². The summed E-state index contributed by atoms with van der Waals surface area (Å²) in [5.41, 5.74) is 1.23. The Morgan fingerprint density at radius 1 is 1.28 bits per heavy atom. The van der Waals surface area contributed by atoms with Crippen molar-refractivity contribution >= 4 is 15.9 Å². The van der Waals surface area contributed by atoms with Gasteiger partial charge in [-0.1, -0.05) is 6.07 Å². The lowest BCUT2D eigenvalue weighted by molar-refractivity contribution is 0.448. The maximum atomic E-state index is 9.58. The maximum absolute atomic E-state index is 9.58. The number of phenolic OH excluding ortho intramolecular Hbond substituents is 1. The molecule has 0 aliphatic rings. The summed E-state index contributed by atoms with van der Waals surface area (Å²) >= 11 is 3.30. The SMILES string of the molecule is Cc1c(O)cccc1Oc1ccc(C#N)c(Br)c1. The zero-order valence-corrected chi connectivity index (χ0v) is 11.2. The molecule has 0 saturated heterocycles. The quantitative estimate of drug-likeness (QED) is 0.907. The molecule has 3 nitrogen and oxygen atoms in total. The first-order valence-corrected chi connectivity index (χ1v) is 6.07. The number of rotatable bonds is 2. The van der Waals surface area contributed by atoms with Crippen LogP contribution in [0.2, 0.25) is 0 Å². The highest BCUT2D eigenvalue weighted by Crippen LogP contribution is 2.32. The Morgan fingerprint density at radius 3 is 2.72 bits per heavy atom. The second-order valence-corrected chi connectivity index (χ2v) is 4.61. The van der Waals surface area contributed by atoms with Gasteiger partial charge in [-0.15, -0.1) is 0 Å². The molecule has 0 aliphatic heterocycles. The lowest BCUT2D eigenvalue weighted by atomic mass is 10.2. The number of nitriles is 1. The normalized spacial score (nSPS) is 9.83. The molecule has 0 atom stereocenters. The van der Waals surface area contributed by atoms with Gasteiger partial charge >= 0.3 is 0 Å². The van der Waals surface area contributed by atoms with Gasteiger partial charge in [-0.25, -0.2) is 0 Å². The summed E-state index contributed by atoms with van der Waals surface area (Å²) in [7, 11) is 0. The molecule has 2 aromatic rings. The average molecular weight is 304 g/mol. The minimum atomic E-state index is 0.195. The maximum Gasteiger partial charge on any atom is 0.134 e. The van der Waals surface area contributed by atoms with Gasteiger partial charge in [0.05, 0.1) is 5.56 Å². The molecule has 0 aliphatic carbocycles. The molecule has 2 aromatic carbocycles. The topological polar surface area (TPSA) is 53.2 Å². The molecule has 4 heteroatoms. The summed E-state index contributed by atoms with van der Waals surface area (Å²) in [5.74, 6) is 1.39. The highest BCUT2D eigenvalue weighted by molar-refractivity contribution is 9.10. The van der Waals surface area contributed by atoms with E-state index in [0.29, 0.717) is 27.1 Å². The first kappa shape index (κ1) is 12.5. The summed E-state index contributed by atoms with van der Waals surface area (Å²) < 4.78 is 6.35. The van der Waals surface area contributed by atoms with Crippen molar-refractivity contribution in [1.29, 1.82) is 5.26 Å². The summed E-state index contributed by atoms with van der Waals surface area (Å²) in [6, 6.07) is 12.3. The molecule has 0 unspecified atom stereocenters. The molecule has 0 bridgehead atoms. The largest absolute Gasteiger partial charge is 0.508 e. The van der Waals surface area contributed by atoms with E-state index in [0.717, 1.165) is 0 Å². The van der Waals surface area contributed by atoms with Crippen molar-refractivity contribution in [3.8, 4) is 23.3 Å². The first-order chi connectivity index (χ1) is 8.61. The molecule has 0 fully saturated rings. The van der Waals surface area contributed by atoms with E-state index < -0.39 is 0 Å². The van der Waals surface area contributed by atoms with Crippen LogP contribution in [0, 0.1) is 18.3 Å². The Bertz CT molecular complexity index is 632. The molecule has 1 N–H and O–H groups in total. The van der Waals surface area contributed by atoms with Crippen molar-refractivity contribution < 1.29 is 9.84 Å². The van der Waals surface area contributed by atoms with E-state index in [-0.39, 0.29) is 5.75 Å². The second kappa shape index (κ2) is 5.11. The van der Waals surface area contributed by atoms with Gasteiger partial charge in [0.1, 0.15) is 23.3 Å². The van der Waals surface area contributed by atoms with E-state index in [1.165, 1.54) is 0 Å². The molecular weight excluding hydrogens is 294 g/mol. The van der Waals surface area contributed by atoms with E-state index in [4.69, 9.17) is 10.00 Å². The molecular formula is C14H10BrNO2. The fourth-order valence-corrected chi connectivity index (χ4v) is 1.94. The lowest BCUT2D eigenvalue weighted by Crippen LogP contribution is -1.88. The van der Waals surface area contributed by atoms with Gasteiger partial charge in [0.15, 0.2) is 0 Å². The molecule has 0 spiro atoms. The van der Waals surface area contributed by atoms with Crippen molar-refractivity contribution in [2.45, 2.75) is 6.92 Å². The number of aromatic hydroxyl groups is 1. The van der Waals surface area contributed by atoms with Gasteiger partial charge in [-0.2, -0.15) is 5.26 Å². The van der Waals surface area contributed by atoms with Crippen molar-refractivity contribution in [3.05, 3.63) is 52.0 Å². The monoisotopic (exact) mass is 303 g/mol. The van der Waals surface area contributed by atoms with Crippen LogP contribution in [0.1, 0.15) is 11.1 Å². The molecule has 0 aromatic heterocycles. The number of halogens is 1. The van der Waals surface area contributed by atoms with Crippen LogP contribution in [-0.4, -0.2) is 5.11 Å². The van der Waals surface area contributed by atoms with Crippen LogP contribution in [-0.2, 0) is 0 Å². The Hall–Kier alpha value is -1.99. The highest BCUT2D eigenvalue weighted by Gasteiger charge is 2.06. The Balaban J connectivity index is 2.32. The second-order valence-electron chi connectivity index (χ2n) is 3.76. The highest BCUT2D eigenvalue weighted by atomic mass is 79.9. The standard InChI is InChI=1S/C14H10BrNO2/c1-9-13(17)3-2-4-14(9)18-11-6-5-10(8-16)12(15)7-11/h2-7,17H,1H3. The lowest BCUT2D eigenvalue weighted by Gasteiger charge is -2.10. The average Bonchev–Trinajstić information content (AvgIpc) is 2.35. The summed E-state index contributed by atoms with van der Waals surface area (Å²) in [4.78, 5) is 0. The van der Waals surface area contributed by atoms with Crippen LogP contribution in [0.25, 0.3) is 0 Å². The van der Waals surface area contributed by atoms with E-state index in [9.17, 15) is 5.11 Å². The van der Waals surface area contributed by atoms with E-state index in [2.05, 4.69) is 22.0 Å². The van der Waals surface area contributed by atoms with Crippen LogP contribution in [0.5, 0.6) is 17.2 Å². The van der Waals surface area contributed by atoms with Crippen LogP contribution in [0.3, 0.4) is 0 Å². The zero-order chi connectivity index (χ0) is 13.1. The van der Waals surface area contributed by atoms with Crippen molar-refractivity contribution in [2.24, 2.45) is 0 Å². The number of hydrogen-bond acceptors (Lipinski definition) is 3. The molecule has 0 saturated carbocycles. The van der Waals surface area contributed by atoms with Crippen LogP contribution in [0.4, 0.5) is 0 Å². The number of benzene rings is 2. The smallest absolute Gasteiger partial charge is 0.134 e. The molecule has 0 radical (unpaired) electrons. The zero-order valence-electron chi connectivity index (χ0n) is 9.64. The van der Waals surface area contributed by atoms with Gasteiger partial charge in [0, 0.05) is 10.0 Å². The Labute approximate surface area is 113 Å². The fourth-order valence-electron chi connectivity index (χ4n) is 1.49. The first-order valence-electron chi connectivity index (χ1n) is 5.28. The summed E-state index contributed by atoms with van der Waals surface area (Å²) in [5, 5.41) is 18.4. The van der Waals surface area contributed by atoms with Gasteiger partial charge in [0.25, 0.3) is 0 Å². The van der Waals surface area contributed by atoms with E-state index >= 15 is 0 Å². The number of hydrogen-bond donors (Lipinski definition) is 1. The third-order valence-electron chi connectivity index (χ3n) is 2.54. The van der Waals surface area contributed by atoms with Gasteiger partial charge < -0.3 is 9.84 Å². The Morgan fingerprint density at radius 2 is 2.06 bits per heavy atom. The van der Waals surface area contributed by atoms with Crippen molar-refractivity contribution in [1.82, 2.24) is 0 Å². The number of ether oxygens (including phenoxy) is 1. The molecule has 0 heterocycles. The minimum absolute atomic E-state index is 0.195. The predicted octanol–water partition coefficient (Wildman–Crippen LogP) is 4.13. The van der Waals surface area contributed by atoms with Crippen LogP contribution < -0.4 is 4.74 Å². The number of nitrogens with zero attached hydrogens (tertiary/aromatic N) is 1. The third-order valence-corrected chi connectivity index (χ3v) is 3.20. The molecule has 0 amide bonds. The van der Waals surface area contributed by atoms with E-state index in [1.54, 1.807) is 43.3 Å². The third kappa shape index (κ3) is 2.47. The summed E-state index contributed by atoms with van der Waals surface area (Å²) in [6.45, 7) is 1.78. The van der Waals surface area contributed by atoms with Gasteiger partial charge in [-0.3, -0.25) is 0 Å².